The Morgan fingerprint density at radius 1 is 1.07 bits per heavy atom. The van der Waals surface area contributed by atoms with Crippen LogP contribution in [0.1, 0.15) is 5.56 Å². The number of sulfonamides is 1. The first kappa shape index (κ1) is 19.4. The van der Waals surface area contributed by atoms with Crippen molar-refractivity contribution < 1.29 is 17.6 Å². The maximum absolute atomic E-state index is 13.1. The molecular weight excluding hydrogens is 395 g/mol. The number of likely N-dealkylation sites (N-methyl/N-ethyl adjacent to an activating group) is 1. The largest absolute Gasteiger partial charge is 0.368 e. The van der Waals surface area contributed by atoms with Gasteiger partial charge in [0.25, 0.3) is 10.0 Å². The SMILES string of the molecule is CN(CC(=O)N1CCN(c2ccc(F)cc2)CC1)C1=NS(=O)(=O)c2ccccc21. The van der Waals surface area contributed by atoms with E-state index in [4.69, 9.17) is 0 Å². The molecule has 0 spiro atoms. The third-order valence-corrected chi connectivity index (χ3v) is 6.50. The molecule has 0 saturated carbocycles. The zero-order valence-electron chi connectivity index (χ0n) is 16.0. The molecule has 4 rings (SSSR count). The van der Waals surface area contributed by atoms with Gasteiger partial charge in [-0.15, -0.1) is 4.40 Å². The number of hydrogen-bond donors (Lipinski definition) is 0. The molecule has 1 saturated heterocycles. The Hall–Kier alpha value is -2.94. The molecule has 1 fully saturated rings. The summed E-state index contributed by atoms with van der Waals surface area (Å²) in [5, 5.41) is 0. The molecule has 0 aliphatic carbocycles. The van der Waals surface area contributed by atoms with E-state index in [0.717, 1.165) is 5.69 Å². The molecule has 29 heavy (non-hydrogen) atoms. The zero-order chi connectivity index (χ0) is 20.6. The highest BCUT2D eigenvalue weighted by molar-refractivity contribution is 7.90. The number of nitrogens with zero attached hydrogens (tertiary/aromatic N) is 4. The highest BCUT2D eigenvalue weighted by Gasteiger charge is 2.32. The number of carbonyl (C=O) groups excluding carboxylic acids is 1. The van der Waals surface area contributed by atoms with Crippen LogP contribution in [0.4, 0.5) is 10.1 Å². The van der Waals surface area contributed by atoms with Crippen molar-refractivity contribution in [3.05, 3.63) is 59.9 Å². The molecule has 1 amide bonds. The van der Waals surface area contributed by atoms with E-state index in [2.05, 4.69) is 9.30 Å². The average molecular weight is 416 g/mol. The molecule has 0 aromatic heterocycles. The minimum Gasteiger partial charge on any atom is -0.368 e. The van der Waals surface area contributed by atoms with E-state index in [-0.39, 0.29) is 23.2 Å². The second-order valence-corrected chi connectivity index (χ2v) is 8.66. The molecule has 2 aromatic carbocycles. The van der Waals surface area contributed by atoms with Gasteiger partial charge in [-0.25, -0.2) is 4.39 Å². The van der Waals surface area contributed by atoms with Crippen molar-refractivity contribution in [2.24, 2.45) is 4.40 Å². The van der Waals surface area contributed by atoms with Crippen molar-refractivity contribution in [2.45, 2.75) is 4.90 Å². The van der Waals surface area contributed by atoms with Gasteiger partial charge in [0, 0.05) is 44.5 Å². The Morgan fingerprint density at radius 2 is 1.72 bits per heavy atom. The van der Waals surface area contributed by atoms with Crippen molar-refractivity contribution in [1.82, 2.24) is 9.80 Å². The van der Waals surface area contributed by atoms with Crippen LogP contribution in [-0.4, -0.2) is 69.7 Å². The van der Waals surface area contributed by atoms with Crippen LogP contribution in [0.15, 0.2) is 57.8 Å². The molecule has 7 nitrogen and oxygen atoms in total. The van der Waals surface area contributed by atoms with Crippen LogP contribution in [-0.2, 0) is 14.8 Å². The maximum atomic E-state index is 13.1. The summed E-state index contributed by atoms with van der Waals surface area (Å²) >= 11 is 0. The van der Waals surface area contributed by atoms with Crippen LogP contribution in [0.2, 0.25) is 0 Å². The number of anilines is 1. The molecular formula is C20H21FN4O3S. The lowest BCUT2D eigenvalue weighted by atomic mass is 10.2. The standard InChI is InChI=1S/C20H21FN4O3S/c1-23(20-17-4-2-3-5-18(17)29(27,28)22-20)14-19(26)25-12-10-24(11-13-25)16-8-6-15(21)7-9-16/h2-9H,10-14H2,1H3. The summed E-state index contributed by atoms with van der Waals surface area (Å²) in [7, 11) is -2.04. The van der Waals surface area contributed by atoms with Crippen LogP contribution in [0, 0.1) is 5.82 Å². The zero-order valence-corrected chi connectivity index (χ0v) is 16.8. The fourth-order valence-electron chi connectivity index (χ4n) is 3.61. The Morgan fingerprint density at radius 3 is 2.41 bits per heavy atom. The van der Waals surface area contributed by atoms with Crippen LogP contribution in [0.25, 0.3) is 0 Å². The molecule has 0 atom stereocenters. The molecule has 2 aliphatic heterocycles. The predicted octanol–water partition coefficient (Wildman–Crippen LogP) is 1.56. The summed E-state index contributed by atoms with van der Waals surface area (Å²) in [5.74, 6) is -0.0707. The lowest BCUT2D eigenvalue weighted by Gasteiger charge is -2.36. The van der Waals surface area contributed by atoms with Gasteiger partial charge in [-0.3, -0.25) is 4.79 Å². The second-order valence-electron chi connectivity index (χ2n) is 7.09. The quantitative estimate of drug-likeness (QED) is 0.759. The predicted molar refractivity (Wildman–Crippen MR) is 108 cm³/mol. The number of hydrogen-bond acceptors (Lipinski definition) is 5. The smallest absolute Gasteiger partial charge is 0.285 e. The number of rotatable bonds is 3. The highest BCUT2D eigenvalue weighted by Crippen LogP contribution is 2.27. The molecule has 0 unspecified atom stereocenters. The fourth-order valence-corrected chi connectivity index (χ4v) is 4.86. The maximum Gasteiger partial charge on any atom is 0.285 e. The Labute approximate surface area is 169 Å². The van der Waals surface area contributed by atoms with Gasteiger partial charge in [0.05, 0.1) is 6.54 Å². The van der Waals surface area contributed by atoms with E-state index in [9.17, 15) is 17.6 Å². The summed E-state index contributed by atoms with van der Waals surface area (Å²) in [4.78, 5) is 18.4. The van der Waals surface area contributed by atoms with Crippen molar-refractivity contribution in [1.29, 1.82) is 0 Å². The van der Waals surface area contributed by atoms with E-state index < -0.39 is 10.0 Å². The lowest BCUT2D eigenvalue weighted by molar-refractivity contribution is -0.131. The minimum atomic E-state index is -3.71. The summed E-state index contributed by atoms with van der Waals surface area (Å²) in [5.41, 5.74) is 1.45. The van der Waals surface area contributed by atoms with E-state index in [1.54, 1.807) is 47.2 Å². The first-order valence-electron chi connectivity index (χ1n) is 9.29. The minimum absolute atomic E-state index is 0.0409. The highest BCUT2D eigenvalue weighted by atomic mass is 32.2. The number of halogens is 1. The van der Waals surface area contributed by atoms with E-state index in [1.807, 2.05) is 0 Å². The number of fused-ring (bicyclic) bond motifs is 1. The van der Waals surface area contributed by atoms with Gasteiger partial charge in [0.1, 0.15) is 10.7 Å². The summed E-state index contributed by atoms with van der Waals surface area (Å²) in [6.45, 7) is 2.44. The third kappa shape index (κ3) is 3.82. The average Bonchev–Trinajstić information content (AvgIpc) is 3.00. The van der Waals surface area contributed by atoms with Gasteiger partial charge in [-0.1, -0.05) is 12.1 Å². The van der Waals surface area contributed by atoms with Gasteiger partial charge < -0.3 is 14.7 Å². The number of amides is 1. The van der Waals surface area contributed by atoms with E-state index in [0.29, 0.717) is 37.6 Å². The van der Waals surface area contributed by atoms with Gasteiger partial charge in [-0.05, 0) is 36.4 Å². The van der Waals surface area contributed by atoms with Crippen molar-refractivity contribution >= 4 is 27.5 Å². The molecule has 2 heterocycles. The number of benzene rings is 2. The topological polar surface area (TPSA) is 73.3 Å². The molecule has 2 aliphatic rings. The van der Waals surface area contributed by atoms with Crippen LogP contribution in [0.5, 0.6) is 0 Å². The molecule has 0 N–H and O–H groups in total. The summed E-state index contributed by atoms with van der Waals surface area (Å²) in [6.07, 6.45) is 0. The monoisotopic (exact) mass is 416 g/mol. The van der Waals surface area contributed by atoms with E-state index >= 15 is 0 Å². The van der Waals surface area contributed by atoms with Crippen LogP contribution in [0.3, 0.4) is 0 Å². The summed E-state index contributed by atoms with van der Waals surface area (Å²) in [6, 6.07) is 12.9. The number of amidine groups is 1. The first-order chi connectivity index (χ1) is 13.8. The van der Waals surface area contributed by atoms with Crippen molar-refractivity contribution in [2.75, 3.05) is 44.7 Å². The fraction of sp³-hybridized carbons (Fsp3) is 0.300. The van der Waals surface area contributed by atoms with Gasteiger partial charge in [0.2, 0.25) is 5.91 Å². The Kier molecular flexibility index (Phi) is 4.99. The Balaban J connectivity index is 1.39. The first-order valence-corrected chi connectivity index (χ1v) is 10.7. The molecule has 0 bridgehead atoms. The van der Waals surface area contributed by atoms with E-state index in [1.165, 1.54) is 18.2 Å². The molecule has 2 aromatic rings. The normalized spacial score (nSPS) is 17.7. The van der Waals surface area contributed by atoms with Gasteiger partial charge in [-0.2, -0.15) is 8.42 Å². The molecule has 152 valence electrons. The molecule has 9 heteroatoms. The van der Waals surface area contributed by atoms with Gasteiger partial charge >= 0.3 is 0 Å². The number of piperazine rings is 1. The van der Waals surface area contributed by atoms with Crippen LogP contribution >= 0.6 is 0 Å². The third-order valence-electron chi connectivity index (χ3n) is 5.17. The molecule has 0 radical (unpaired) electrons. The van der Waals surface area contributed by atoms with Gasteiger partial charge in [0.15, 0.2) is 5.84 Å². The van der Waals surface area contributed by atoms with Crippen molar-refractivity contribution in [3.8, 4) is 0 Å². The number of carbonyl (C=O) groups is 1. The van der Waals surface area contributed by atoms with Crippen LogP contribution < -0.4 is 4.90 Å². The second kappa shape index (κ2) is 7.47. The lowest BCUT2D eigenvalue weighted by Crippen LogP contribution is -2.51. The summed E-state index contributed by atoms with van der Waals surface area (Å²) < 4.78 is 41.4. The Bertz CT molecular complexity index is 1060. The van der Waals surface area contributed by atoms with Crippen molar-refractivity contribution in [3.63, 3.8) is 0 Å².